The molecule has 0 aliphatic rings. The number of aromatic nitrogens is 1. The van der Waals surface area contributed by atoms with Gasteiger partial charge in [0.2, 0.25) is 0 Å². The minimum atomic E-state index is -3.34. The summed E-state index contributed by atoms with van der Waals surface area (Å²) >= 11 is 0. The lowest BCUT2D eigenvalue weighted by atomic mass is 10.2. The summed E-state index contributed by atoms with van der Waals surface area (Å²) in [6.45, 7) is 2.00. The monoisotopic (exact) mass is 281 g/mol. The van der Waals surface area contributed by atoms with Crippen LogP contribution in [0.15, 0.2) is 29.2 Å². The number of aryl methyl sites for hydroxylation is 1. The van der Waals surface area contributed by atoms with Crippen LogP contribution in [0.5, 0.6) is 0 Å². The smallest absolute Gasteiger partial charge is 0.354 e. The van der Waals surface area contributed by atoms with Crippen LogP contribution in [0.4, 0.5) is 0 Å². The predicted octanol–water partition coefficient (Wildman–Crippen LogP) is 1.76. The van der Waals surface area contributed by atoms with Crippen LogP contribution in [0.2, 0.25) is 0 Å². The van der Waals surface area contributed by atoms with Crippen LogP contribution in [0.1, 0.15) is 17.4 Å². The van der Waals surface area contributed by atoms with Gasteiger partial charge in [-0.15, -0.1) is 0 Å². The van der Waals surface area contributed by atoms with Crippen molar-refractivity contribution in [3.05, 3.63) is 30.0 Å². The van der Waals surface area contributed by atoms with Gasteiger partial charge in [-0.05, 0) is 25.1 Å². The highest BCUT2D eigenvalue weighted by atomic mass is 32.2. The Morgan fingerprint density at radius 3 is 2.63 bits per heavy atom. The first-order valence-corrected chi connectivity index (χ1v) is 7.71. The van der Waals surface area contributed by atoms with E-state index in [1.54, 1.807) is 36.7 Å². The second-order valence-corrected chi connectivity index (χ2v) is 6.25. The Bertz CT molecular complexity index is 743. The Kier molecular flexibility index (Phi) is 3.36. The maximum Gasteiger partial charge on any atom is 0.354 e. The Morgan fingerprint density at radius 1 is 1.37 bits per heavy atom. The van der Waals surface area contributed by atoms with Crippen LogP contribution in [0.25, 0.3) is 10.9 Å². The van der Waals surface area contributed by atoms with E-state index in [1.165, 1.54) is 6.07 Å². The van der Waals surface area contributed by atoms with Gasteiger partial charge in [-0.25, -0.2) is 13.2 Å². The van der Waals surface area contributed by atoms with Gasteiger partial charge in [-0.3, -0.25) is 0 Å². The predicted molar refractivity (Wildman–Crippen MR) is 72.0 cm³/mol. The molecule has 0 bridgehead atoms. The van der Waals surface area contributed by atoms with E-state index in [4.69, 9.17) is 4.74 Å². The first-order chi connectivity index (χ1) is 8.86. The minimum Gasteiger partial charge on any atom is -0.461 e. The molecule has 0 saturated carbocycles. The molecule has 0 atom stereocenters. The molecule has 1 heterocycles. The van der Waals surface area contributed by atoms with Crippen molar-refractivity contribution < 1.29 is 17.9 Å². The number of nitrogens with zero attached hydrogens (tertiary/aromatic N) is 1. The lowest BCUT2D eigenvalue weighted by Crippen LogP contribution is -2.09. The zero-order valence-electron chi connectivity index (χ0n) is 11.0. The molecule has 1 aromatic heterocycles. The Balaban J connectivity index is 2.73. The van der Waals surface area contributed by atoms with Gasteiger partial charge in [0.1, 0.15) is 5.69 Å². The van der Waals surface area contributed by atoms with Gasteiger partial charge in [-0.1, -0.05) is 6.07 Å². The first kappa shape index (κ1) is 13.6. The molecule has 5 nitrogen and oxygen atoms in total. The lowest BCUT2D eigenvalue weighted by molar-refractivity contribution is 0.0516. The van der Waals surface area contributed by atoms with E-state index in [0.29, 0.717) is 16.6 Å². The summed E-state index contributed by atoms with van der Waals surface area (Å²) in [5, 5.41) is 0.538. The number of esters is 1. The summed E-state index contributed by atoms with van der Waals surface area (Å²) in [6.07, 6.45) is 1.15. The van der Waals surface area contributed by atoms with Crippen molar-refractivity contribution in [2.45, 2.75) is 11.8 Å². The molecule has 2 aromatic rings. The summed E-state index contributed by atoms with van der Waals surface area (Å²) in [5.74, 6) is -0.458. The Labute approximate surface area is 111 Å². The average Bonchev–Trinajstić information content (AvgIpc) is 2.66. The zero-order valence-corrected chi connectivity index (χ0v) is 11.8. The number of hydrogen-bond donors (Lipinski definition) is 0. The van der Waals surface area contributed by atoms with E-state index >= 15 is 0 Å². The third-order valence-electron chi connectivity index (χ3n) is 2.93. The fourth-order valence-electron chi connectivity index (χ4n) is 2.06. The minimum absolute atomic E-state index is 0.219. The normalized spacial score (nSPS) is 11.7. The first-order valence-electron chi connectivity index (χ1n) is 5.82. The number of benzene rings is 1. The Hall–Kier alpha value is -1.82. The third-order valence-corrected chi connectivity index (χ3v) is 4.09. The molecular formula is C13H15NO4S. The molecule has 0 radical (unpaired) electrons. The van der Waals surface area contributed by atoms with Crippen molar-refractivity contribution in [3.8, 4) is 0 Å². The highest BCUT2D eigenvalue weighted by Gasteiger charge is 2.19. The maximum absolute atomic E-state index is 11.8. The zero-order chi connectivity index (χ0) is 14.2. The van der Waals surface area contributed by atoms with E-state index in [9.17, 15) is 13.2 Å². The molecule has 0 unspecified atom stereocenters. The molecule has 0 saturated heterocycles. The summed E-state index contributed by atoms with van der Waals surface area (Å²) in [6, 6.07) is 6.52. The standard InChI is InChI=1S/C13H15NO4S/c1-4-18-13(15)11-8-9-10(14(11)2)6-5-7-12(9)19(3,16)17/h5-8H,4H2,1-3H3. The molecule has 6 heteroatoms. The SMILES string of the molecule is CCOC(=O)c1cc2c(S(C)(=O)=O)cccc2n1C. The fourth-order valence-corrected chi connectivity index (χ4v) is 2.95. The van der Waals surface area contributed by atoms with Gasteiger partial charge in [0.25, 0.3) is 0 Å². The van der Waals surface area contributed by atoms with Crippen molar-refractivity contribution in [2.24, 2.45) is 7.05 Å². The third kappa shape index (κ3) is 2.35. The highest BCUT2D eigenvalue weighted by molar-refractivity contribution is 7.91. The second-order valence-electron chi connectivity index (χ2n) is 4.27. The second kappa shape index (κ2) is 4.70. The molecule has 2 rings (SSSR count). The largest absolute Gasteiger partial charge is 0.461 e. The van der Waals surface area contributed by atoms with Gasteiger partial charge < -0.3 is 9.30 Å². The maximum atomic E-state index is 11.8. The van der Waals surface area contributed by atoms with E-state index in [0.717, 1.165) is 6.26 Å². The summed E-state index contributed by atoms with van der Waals surface area (Å²) < 4.78 is 30.1. The number of ether oxygens (including phenoxy) is 1. The molecule has 0 aliphatic carbocycles. The van der Waals surface area contributed by atoms with Crippen LogP contribution in [0, 0.1) is 0 Å². The quantitative estimate of drug-likeness (QED) is 0.804. The van der Waals surface area contributed by atoms with Crippen LogP contribution in [0.3, 0.4) is 0 Å². The van der Waals surface area contributed by atoms with Gasteiger partial charge in [0, 0.05) is 24.2 Å². The molecule has 1 aromatic carbocycles. The van der Waals surface area contributed by atoms with E-state index < -0.39 is 15.8 Å². The molecule has 102 valence electrons. The number of carbonyl (C=O) groups is 1. The van der Waals surface area contributed by atoms with Gasteiger partial charge in [0.15, 0.2) is 9.84 Å². The van der Waals surface area contributed by atoms with Gasteiger partial charge >= 0.3 is 5.97 Å². The summed E-state index contributed by atoms with van der Waals surface area (Å²) in [7, 11) is -1.63. The van der Waals surface area contributed by atoms with Crippen LogP contribution < -0.4 is 0 Å². The number of sulfone groups is 1. The molecule has 19 heavy (non-hydrogen) atoms. The van der Waals surface area contributed by atoms with Crippen LogP contribution in [-0.2, 0) is 21.6 Å². The summed E-state index contributed by atoms with van der Waals surface area (Å²) in [5.41, 5.74) is 1.03. The van der Waals surface area contributed by atoms with E-state index in [1.807, 2.05) is 0 Å². The molecule has 0 amide bonds. The van der Waals surface area contributed by atoms with Gasteiger partial charge in [0.05, 0.1) is 11.5 Å². The van der Waals surface area contributed by atoms with E-state index in [-0.39, 0.29) is 11.5 Å². The van der Waals surface area contributed by atoms with Crippen molar-refractivity contribution >= 4 is 26.7 Å². The number of rotatable bonds is 3. The number of hydrogen-bond acceptors (Lipinski definition) is 4. The highest BCUT2D eigenvalue weighted by Crippen LogP contribution is 2.26. The topological polar surface area (TPSA) is 65.4 Å². The Morgan fingerprint density at radius 2 is 2.05 bits per heavy atom. The fraction of sp³-hybridized carbons (Fsp3) is 0.308. The van der Waals surface area contributed by atoms with Gasteiger partial charge in [-0.2, -0.15) is 0 Å². The molecule has 0 spiro atoms. The lowest BCUT2D eigenvalue weighted by Gasteiger charge is -2.03. The molecule has 0 fully saturated rings. The van der Waals surface area contributed by atoms with E-state index in [2.05, 4.69) is 0 Å². The summed E-state index contributed by atoms with van der Waals surface area (Å²) in [4.78, 5) is 12.0. The molecular weight excluding hydrogens is 266 g/mol. The average molecular weight is 281 g/mol. The van der Waals surface area contributed by atoms with Crippen LogP contribution in [-0.4, -0.2) is 31.8 Å². The van der Waals surface area contributed by atoms with Crippen molar-refractivity contribution in [3.63, 3.8) is 0 Å². The van der Waals surface area contributed by atoms with Crippen molar-refractivity contribution in [1.82, 2.24) is 4.57 Å². The van der Waals surface area contributed by atoms with Crippen molar-refractivity contribution in [2.75, 3.05) is 12.9 Å². The van der Waals surface area contributed by atoms with Crippen LogP contribution >= 0.6 is 0 Å². The van der Waals surface area contributed by atoms with Crippen molar-refractivity contribution in [1.29, 1.82) is 0 Å². The molecule has 0 aliphatic heterocycles. The molecule has 0 N–H and O–H groups in total. The number of carbonyl (C=O) groups excluding carboxylic acids is 1. The number of fused-ring (bicyclic) bond motifs is 1.